The zero-order valence-corrected chi connectivity index (χ0v) is 20.7. The van der Waals surface area contributed by atoms with Crippen LogP contribution in [0.25, 0.3) is 0 Å². The van der Waals surface area contributed by atoms with Crippen molar-refractivity contribution in [2.75, 3.05) is 41.7 Å². The smallest absolute Gasteiger partial charge is 0.235 e. The summed E-state index contributed by atoms with van der Waals surface area (Å²) in [6.45, 7) is 0.889. The van der Waals surface area contributed by atoms with Crippen molar-refractivity contribution < 1.29 is 38.0 Å². The molecule has 0 aromatic heterocycles. The number of rotatable bonds is 10. The lowest BCUT2D eigenvalue weighted by Gasteiger charge is -2.36. The van der Waals surface area contributed by atoms with E-state index in [1.165, 1.54) is 0 Å². The molecule has 2 aromatic rings. The van der Waals surface area contributed by atoms with Crippen LogP contribution in [0.5, 0.6) is 17.2 Å². The highest BCUT2D eigenvalue weighted by Gasteiger charge is 2.49. The molecule has 0 N–H and O–H groups in total. The van der Waals surface area contributed by atoms with Crippen LogP contribution in [0.4, 0.5) is 0 Å². The van der Waals surface area contributed by atoms with E-state index < -0.39 is 5.92 Å². The Hall–Kier alpha value is -3.11. The molecule has 36 heavy (non-hydrogen) atoms. The maximum atomic E-state index is 14.0. The molecule has 1 aliphatic carbocycles. The molecular weight excluding hydrogens is 466 g/mol. The summed E-state index contributed by atoms with van der Waals surface area (Å²) in [5.74, 6) is 1.67. The summed E-state index contributed by atoms with van der Waals surface area (Å²) >= 11 is 0. The molecule has 4 atom stereocenters. The minimum absolute atomic E-state index is 0.0267. The van der Waals surface area contributed by atoms with Crippen LogP contribution >= 0.6 is 0 Å². The first kappa shape index (κ1) is 24.6. The second kappa shape index (κ2) is 10.9. The SMILES string of the molecule is COCO[C@H]1C[C@@H]2C(=C[C@H]1OCOC)[C@@H](c1ccc3c(c1)OCO3)C(=O)N2Cc1ccc(OC)cc1. The highest BCUT2D eigenvalue weighted by molar-refractivity contribution is 5.92. The largest absolute Gasteiger partial charge is 0.497 e. The lowest BCUT2D eigenvalue weighted by Crippen LogP contribution is -2.43. The molecule has 2 heterocycles. The molecule has 1 fully saturated rings. The van der Waals surface area contributed by atoms with Crippen molar-refractivity contribution >= 4 is 5.91 Å². The zero-order valence-electron chi connectivity index (χ0n) is 20.7. The Morgan fingerprint density at radius 1 is 0.944 bits per heavy atom. The molecule has 9 heteroatoms. The maximum absolute atomic E-state index is 14.0. The highest BCUT2D eigenvalue weighted by Crippen LogP contribution is 2.46. The molecule has 0 spiro atoms. The summed E-state index contributed by atoms with van der Waals surface area (Å²) in [7, 11) is 4.80. The van der Waals surface area contributed by atoms with Crippen LogP contribution < -0.4 is 14.2 Å². The number of likely N-dealkylation sites (tertiary alicyclic amines) is 1. The second-order valence-corrected chi connectivity index (χ2v) is 8.93. The van der Waals surface area contributed by atoms with Crippen molar-refractivity contribution in [3.63, 3.8) is 0 Å². The molecule has 9 nitrogen and oxygen atoms in total. The van der Waals surface area contributed by atoms with E-state index in [9.17, 15) is 4.79 Å². The number of hydrogen-bond acceptors (Lipinski definition) is 8. The highest BCUT2D eigenvalue weighted by atomic mass is 16.7. The van der Waals surface area contributed by atoms with Gasteiger partial charge in [-0.1, -0.05) is 24.3 Å². The lowest BCUT2D eigenvalue weighted by molar-refractivity contribution is -0.152. The van der Waals surface area contributed by atoms with Crippen molar-refractivity contribution in [3.8, 4) is 17.2 Å². The Morgan fingerprint density at radius 3 is 2.44 bits per heavy atom. The Balaban J connectivity index is 1.51. The van der Waals surface area contributed by atoms with Crippen LogP contribution in [-0.4, -0.2) is 70.8 Å². The van der Waals surface area contributed by atoms with E-state index in [1.807, 2.05) is 53.4 Å². The second-order valence-electron chi connectivity index (χ2n) is 8.93. The van der Waals surface area contributed by atoms with Gasteiger partial charge in [-0.2, -0.15) is 0 Å². The number of carbonyl (C=O) groups is 1. The van der Waals surface area contributed by atoms with Crippen LogP contribution in [0, 0.1) is 0 Å². The van der Waals surface area contributed by atoms with E-state index in [1.54, 1.807) is 21.3 Å². The van der Waals surface area contributed by atoms with Crippen LogP contribution in [0.2, 0.25) is 0 Å². The lowest BCUT2D eigenvalue weighted by atomic mass is 9.83. The van der Waals surface area contributed by atoms with Gasteiger partial charge >= 0.3 is 0 Å². The van der Waals surface area contributed by atoms with Gasteiger partial charge in [0.1, 0.15) is 25.4 Å². The number of carbonyl (C=O) groups excluding carboxylic acids is 1. The number of methoxy groups -OCH3 is 3. The first-order valence-corrected chi connectivity index (χ1v) is 11.9. The molecule has 0 bridgehead atoms. The third kappa shape index (κ3) is 4.79. The fraction of sp³-hybridized carbons (Fsp3) is 0.444. The molecule has 192 valence electrons. The summed E-state index contributed by atoms with van der Waals surface area (Å²) in [6, 6.07) is 13.3. The van der Waals surface area contributed by atoms with Crippen LogP contribution in [-0.2, 0) is 30.3 Å². The van der Waals surface area contributed by atoms with Gasteiger partial charge in [-0.05, 0) is 41.0 Å². The van der Waals surface area contributed by atoms with Gasteiger partial charge < -0.3 is 38.1 Å². The molecule has 2 aliphatic heterocycles. The van der Waals surface area contributed by atoms with E-state index in [2.05, 4.69) is 0 Å². The van der Waals surface area contributed by atoms with Crippen LogP contribution in [0.1, 0.15) is 23.5 Å². The summed E-state index contributed by atoms with van der Waals surface area (Å²) in [5.41, 5.74) is 2.87. The number of amides is 1. The molecule has 0 saturated carbocycles. The van der Waals surface area contributed by atoms with E-state index in [0.717, 1.165) is 22.4 Å². The molecule has 0 radical (unpaired) electrons. The monoisotopic (exact) mass is 497 g/mol. The third-order valence-electron chi connectivity index (χ3n) is 6.82. The molecule has 0 unspecified atom stereocenters. The van der Waals surface area contributed by atoms with Crippen molar-refractivity contribution in [2.24, 2.45) is 0 Å². The molecular formula is C27H31NO8. The Bertz CT molecular complexity index is 1100. The zero-order chi connectivity index (χ0) is 25.1. The number of benzene rings is 2. The van der Waals surface area contributed by atoms with E-state index in [0.29, 0.717) is 24.5 Å². The first-order valence-electron chi connectivity index (χ1n) is 11.9. The molecule has 5 rings (SSSR count). The summed E-state index contributed by atoms with van der Waals surface area (Å²) in [6.07, 6.45) is 1.92. The summed E-state index contributed by atoms with van der Waals surface area (Å²) in [5, 5.41) is 0. The predicted octanol–water partition coefficient (Wildman–Crippen LogP) is 3.23. The van der Waals surface area contributed by atoms with E-state index in [-0.39, 0.29) is 44.5 Å². The van der Waals surface area contributed by atoms with Crippen molar-refractivity contribution in [1.82, 2.24) is 4.90 Å². The van der Waals surface area contributed by atoms with Gasteiger partial charge in [0.25, 0.3) is 0 Å². The van der Waals surface area contributed by atoms with Gasteiger partial charge in [0.15, 0.2) is 11.5 Å². The summed E-state index contributed by atoms with van der Waals surface area (Å²) in [4.78, 5) is 15.9. The van der Waals surface area contributed by atoms with Gasteiger partial charge in [-0.15, -0.1) is 0 Å². The van der Waals surface area contributed by atoms with E-state index >= 15 is 0 Å². The minimum atomic E-state index is -0.459. The number of hydrogen-bond donors (Lipinski definition) is 0. The van der Waals surface area contributed by atoms with Crippen molar-refractivity contribution in [2.45, 2.75) is 37.1 Å². The quantitative estimate of drug-likeness (QED) is 0.366. The molecule has 3 aliphatic rings. The molecule has 1 saturated heterocycles. The average Bonchev–Trinajstić information content (AvgIpc) is 3.48. The molecule has 1 amide bonds. The number of fused-ring (bicyclic) bond motifs is 2. The van der Waals surface area contributed by atoms with Gasteiger partial charge in [0.05, 0.1) is 25.2 Å². The first-order chi connectivity index (χ1) is 17.6. The number of ether oxygens (including phenoxy) is 7. The Morgan fingerprint density at radius 2 is 1.69 bits per heavy atom. The normalized spacial score (nSPS) is 24.6. The standard InChI is InChI=1S/C27H31NO8/c1-30-14-33-24-11-20-21(12-25(24)34-15-31-2)28(13-17-4-7-19(32-3)8-5-17)27(29)26(20)18-6-9-22-23(10-18)36-16-35-22/h4-11,21,24-26H,12-16H2,1-3H3/t21-,24-,25+,26-/m1/s1. The topological polar surface area (TPSA) is 84.9 Å². The Labute approximate surface area is 210 Å². The molecule has 2 aromatic carbocycles. The third-order valence-corrected chi connectivity index (χ3v) is 6.82. The van der Waals surface area contributed by atoms with Gasteiger partial charge in [0, 0.05) is 27.2 Å². The van der Waals surface area contributed by atoms with Gasteiger partial charge in [-0.25, -0.2) is 0 Å². The number of nitrogens with zero attached hydrogens (tertiary/aromatic N) is 1. The van der Waals surface area contributed by atoms with Crippen LogP contribution in [0.3, 0.4) is 0 Å². The van der Waals surface area contributed by atoms with Crippen molar-refractivity contribution in [3.05, 3.63) is 65.2 Å². The van der Waals surface area contributed by atoms with Gasteiger partial charge in [-0.3, -0.25) is 4.79 Å². The summed E-state index contributed by atoms with van der Waals surface area (Å²) < 4.78 is 38.6. The fourth-order valence-corrected chi connectivity index (χ4v) is 5.12. The van der Waals surface area contributed by atoms with E-state index in [4.69, 9.17) is 33.2 Å². The minimum Gasteiger partial charge on any atom is -0.497 e. The van der Waals surface area contributed by atoms with Crippen LogP contribution in [0.15, 0.2) is 54.1 Å². The average molecular weight is 498 g/mol. The predicted molar refractivity (Wildman–Crippen MR) is 129 cm³/mol. The Kier molecular flexibility index (Phi) is 7.43. The maximum Gasteiger partial charge on any atom is 0.235 e. The van der Waals surface area contributed by atoms with Gasteiger partial charge in [0.2, 0.25) is 12.7 Å². The van der Waals surface area contributed by atoms with Crippen molar-refractivity contribution in [1.29, 1.82) is 0 Å². The fourth-order valence-electron chi connectivity index (χ4n) is 5.12.